The fourth-order valence-electron chi connectivity index (χ4n) is 3.18. The summed E-state index contributed by atoms with van der Waals surface area (Å²) < 4.78 is 39.3. The van der Waals surface area contributed by atoms with Crippen LogP contribution in [0.3, 0.4) is 0 Å². The second-order valence-corrected chi connectivity index (χ2v) is 7.10. The zero-order valence-corrected chi connectivity index (χ0v) is 15.7. The molecular formula is C18H23ClF3N3O2. The Morgan fingerprint density at radius 1 is 1.22 bits per heavy atom. The van der Waals surface area contributed by atoms with E-state index in [-0.39, 0.29) is 19.5 Å². The number of amides is 2. The molecule has 0 spiro atoms. The standard InChI is InChI=1S/C18H23ClF3N3O2/c1-25(11-16(26)24-15-9-5-3-7-13(15)19)17(27)10-23-14-8-4-2-6-12(14)18(20,21)22/h3,5,7,9,12,14,23H,2,4,6,8,10-11H2,1H3,(H,24,26). The van der Waals surface area contributed by atoms with Crippen molar-refractivity contribution in [2.75, 3.05) is 25.5 Å². The lowest BCUT2D eigenvalue weighted by atomic mass is 9.84. The van der Waals surface area contributed by atoms with Gasteiger partial charge in [0.05, 0.1) is 29.7 Å². The number of benzene rings is 1. The van der Waals surface area contributed by atoms with Crippen molar-refractivity contribution in [3.8, 4) is 0 Å². The number of nitrogens with zero attached hydrogens (tertiary/aromatic N) is 1. The fraction of sp³-hybridized carbons (Fsp3) is 0.556. The van der Waals surface area contributed by atoms with E-state index in [1.54, 1.807) is 24.3 Å². The number of hydrogen-bond donors (Lipinski definition) is 2. The molecule has 1 aromatic carbocycles. The number of carbonyl (C=O) groups excluding carboxylic acids is 2. The first-order chi connectivity index (χ1) is 12.7. The second kappa shape index (κ2) is 9.41. The molecule has 2 N–H and O–H groups in total. The molecule has 150 valence electrons. The summed E-state index contributed by atoms with van der Waals surface area (Å²) in [5.74, 6) is -2.33. The molecule has 1 fully saturated rings. The third kappa shape index (κ3) is 6.39. The van der Waals surface area contributed by atoms with Crippen molar-refractivity contribution in [2.45, 2.75) is 37.9 Å². The van der Waals surface area contributed by atoms with Crippen LogP contribution in [0.4, 0.5) is 18.9 Å². The highest BCUT2D eigenvalue weighted by atomic mass is 35.5. The van der Waals surface area contributed by atoms with Crippen LogP contribution in [0.1, 0.15) is 25.7 Å². The zero-order chi connectivity index (χ0) is 20.0. The topological polar surface area (TPSA) is 61.4 Å². The predicted molar refractivity (Wildman–Crippen MR) is 97.5 cm³/mol. The predicted octanol–water partition coefficient (Wildman–Crippen LogP) is 3.45. The SMILES string of the molecule is CN(CC(=O)Nc1ccccc1Cl)C(=O)CNC1CCCCC1C(F)(F)F. The molecule has 2 rings (SSSR count). The van der Waals surface area contributed by atoms with E-state index in [1.165, 1.54) is 11.9 Å². The van der Waals surface area contributed by atoms with Gasteiger partial charge in [-0.15, -0.1) is 0 Å². The fourth-order valence-corrected chi connectivity index (χ4v) is 3.36. The highest BCUT2D eigenvalue weighted by Crippen LogP contribution is 2.37. The smallest absolute Gasteiger partial charge is 0.335 e. The van der Waals surface area contributed by atoms with Gasteiger partial charge in [0, 0.05) is 13.1 Å². The summed E-state index contributed by atoms with van der Waals surface area (Å²) >= 11 is 5.96. The van der Waals surface area contributed by atoms with E-state index >= 15 is 0 Å². The second-order valence-electron chi connectivity index (χ2n) is 6.70. The first-order valence-corrected chi connectivity index (χ1v) is 9.14. The van der Waals surface area contributed by atoms with Gasteiger partial charge in [0.25, 0.3) is 0 Å². The van der Waals surface area contributed by atoms with Gasteiger partial charge in [0.15, 0.2) is 0 Å². The molecule has 2 unspecified atom stereocenters. The van der Waals surface area contributed by atoms with Crippen LogP contribution in [0.2, 0.25) is 5.02 Å². The Morgan fingerprint density at radius 3 is 2.56 bits per heavy atom. The first kappa shape index (κ1) is 21.5. The van der Waals surface area contributed by atoms with Crippen LogP contribution in [-0.4, -0.2) is 49.1 Å². The number of likely N-dealkylation sites (N-methyl/N-ethyl adjacent to an activating group) is 1. The van der Waals surface area contributed by atoms with Gasteiger partial charge < -0.3 is 15.5 Å². The normalized spacial score (nSPS) is 20.2. The number of hydrogen-bond acceptors (Lipinski definition) is 3. The molecule has 1 aliphatic carbocycles. The van der Waals surface area contributed by atoms with Gasteiger partial charge in [0.1, 0.15) is 0 Å². The molecule has 5 nitrogen and oxygen atoms in total. The molecule has 1 aliphatic rings. The minimum Gasteiger partial charge on any atom is -0.335 e. The Balaban J connectivity index is 1.82. The molecule has 0 heterocycles. The van der Waals surface area contributed by atoms with Gasteiger partial charge in [-0.2, -0.15) is 13.2 Å². The molecule has 27 heavy (non-hydrogen) atoms. The molecule has 0 bridgehead atoms. The maximum absolute atomic E-state index is 13.1. The van der Waals surface area contributed by atoms with Crippen molar-refractivity contribution in [2.24, 2.45) is 5.92 Å². The molecule has 1 saturated carbocycles. The lowest BCUT2D eigenvalue weighted by Crippen LogP contribution is -2.49. The van der Waals surface area contributed by atoms with Crippen LogP contribution in [0.25, 0.3) is 0 Å². The van der Waals surface area contributed by atoms with Gasteiger partial charge in [-0.05, 0) is 25.0 Å². The van der Waals surface area contributed by atoms with Crippen LogP contribution >= 0.6 is 11.6 Å². The summed E-state index contributed by atoms with van der Waals surface area (Å²) in [4.78, 5) is 25.4. The van der Waals surface area contributed by atoms with E-state index in [1.807, 2.05) is 0 Å². The quantitative estimate of drug-likeness (QED) is 0.762. The summed E-state index contributed by atoms with van der Waals surface area (Å²) in [5.41, 5.74) is 0.429. The molecule has 0 aromatic heterocycles. The average molecular weight is 406 g/mol. The molecular weight excluding hydrogens is 383 g/mol. The maximum Gasteiger partial charge on any atom is 0.393 e. The van der Waals surface area contributed by atoms with Crippen molar-refractivity contribution in [1.82, 2.24) is 10.2 Å². The first-order valence-electron chi connectivity index (χ1n) is 8.77. The van der Waals surface area contributed by atoms with E-state index in [0.717, 1.165) is 0 Å². The molecule has 0 aliphatic heterocycles. The molecule has 2 amide bonds. The zero-order valence-electron chi connectivity index (χ0n) is 15.0. The van der Waals surface area contributed by atoms with E-state index in [4.69, 9.17) is 11.6 Å². The summed E-state index contributed by atoms with van der Waals surface area (Å²) in [6.07, 6.45) is -2.57. The van der Waals surface area contributed by atoms with Crippen LogP contribution in [0.15, 0.2) is 24.3 Å². The minimum atomic E-state index is -4.28. The molecule has 2 atom stereocenters. The Hall–Kier alpha value is -1.80. The lowest BCUT2D eigenvalue weighted by molar-refractivity contribution is -0.189. The van der Waals surface area contributed by atoms with Gasteiger partial charge in [-0.1, -0.05) is 36.6 Å². The Kier molecular flexibility index (Phi) is 7.49. The molecule has 0 radical (unpaired) electrons. The summed E-state index contributed by atoms with van der Waals surface area (Å²) in [7, 11) is 1.43. The van der Waals surface area contributed by atoms with Gasteiger partial charge in [-0.3, -0.25) is 9.59 Å². The molecule has 0 saturated heterocycles. The number of alkyl halides is 3. The Morgan fingerprint density at radius 2 is 1.89 bits per heavy atom. The van der Waals surface area contributed by atoms with Crippen LogP contribution < -0.4 is 10.6 Å². The van der Waals surface area contributed by atoms with Gasteiger partial charge >= 0.3 is 6.18 Å². The lowest BCUT2D eigenvalue weighted by Gasteiger charge is -2.33. The van der Waals surface area contributed by atoms with Crippen molar-refractivity contribution in [1.29, 1.82) is 0 Å². The highest BCUT2D eigenvalue weighted by molar-refractivity contribution is 6.33. The van der Waals surface area contributed by atoms with Crippen molar-refractivity contribution >= 4 is 29.1 Å². The van der Waals surface area contributed by atoms with Crippen molar-refractivity contribution < 1.29 is 22.8 Å². The number of para-hydroxylation sites is 1. The Bertz CT molecular complexity index is 669. The van der Waals surface area contributed by atoms with E-state index in [9.17, 15) is 22.8 Å². The number of rotatable bonds is 6. The van der Waals surface area contributed by atoms with Crippen molar-refractivity contribution in [3.05, 3.63) is 29.3 Å². The van der Waals surface area contributed by atoms with Crippen LogP contribution in [0.5, 0.6) is 0 Å². The summed E-state index contributed by atoms with van der Waals surface area (Å²) in [5, 5.41) is 5.69. The van der Waals surface area contributed by atoms with E-state index < -0.39 is 30.0 Å². The van der Waals surface area contributed by atoms with Crippen LogP contribution in [0, 0.1) is 5.92 Å². The number of carbonyl (C=O) groups is 2. The summed E-state index contributed by atoms with van der Waals surface area (Å²) in [6.45, 7) is -0.466. The average Bonchev–Trinajstić information content (AvgIpc) is 2.61. The largest absolute Gasteiger partial charge is 0.393 e. The summed E-state index contributed by atoms with van der Waals surface area (Å²) in [6, 6.07) is 5.91. The van der Waals surface area contributed by atoms with Gasteiger partial charge in [-0.25, -0.2) is 0 Å². The number of anilines is 1. The van der Waals surface area contributed by atoms with Crippen molar-refractivity contribution in [3.63, 3.8) is 0 Å². The third-order valence-corrected chi connectivity index (χ3v) is 4.99. The maximum atomic E-state index is 13.1. The number of nitrogens with one attached hydrogen (secondary N) is 2. The number of halogens is 4. The van der Waals surface area contributed by atoms with E-state index in [0.29, 0.717) is 30.0 Å². The monoisotopic (exact) mass is 405 g/mol. The highest BCUT2D eigenvalue weighted by Gasteiger charge is 2.45. The Labute approximate surface area is 161 Å². The third-order valence-electron chi connectivity index (χ3n) is 4.66. The molecule has 9 heteroatoms. The molecule has 1 aromatic rings. The van der Waals surface area contributed by atoms with Gasteiger partial charge in [0.2, 0.25) is 11.8 Å². The van der Waals surface area contributed by atoms with E-state index in [2.05, 4.69) is 10.6 Å². The minimum absolute atomic E-state index is 0.0748. The van der Waals surface area contributed by atoms with Crippen LogP contribution in [-0.2, 0) is 9.59 Å².